The Bertz CT molecular complexity index is 1130. The minimum absolute atomic E-state index is 0.0687. The van der Waals surface area contributed by atoms with Crippen LogP contribution in [0.5, 0.6) is 0 Å². The lowest BCUT2D eigenvalue weighted by atomic mass is 10.1. The van der Waals surface area contributed by atoms with Gasteiger partial charge in [-0.25, -0.2) is 8.42 Å². The van der Waals surface area contributed by atoms with E-state index in [1.807, 2.05) is 50.2 Å². The molecule has 0 saturated heterocycles. The van der Waals surface area contributed by atoms with Crippen LogP contribution in [0.1, 0.15) is 16.7 Å². The highest BCUT2D eigenvalue weighted by Crippen LogP contribution is 2.25. The lowest BCUT2D eigenvalue weighted by molar-refractivity contribution is -0.119. The number of carbonyl (C=O) groups excluding carboxylic acids is 1. The summed E-state index contributed by atoms with van der Waals surface area (Å²) in [6, 6.07) is 20.6. The standard InChI is InChI=1S/C23H23ClN2O3S/c1-17-7-11-21(12-8-17)26(30(28,29)22-13-9-20(24)10-14-22)16-23(27)25-15-19-6-4-3-5-18(19)2/h3-14H,15-16H2,1-2H3,(H,25,27). The number of halogens is 1. The largest absolute Gasteiger partial charge is 0.350 e. The van der Waals surface area contributed by atoms with E-state index in [-0.39, 0.29) is 11.4 Å². The van der Waals surface area contributed by atoms with E-state index in [1.54, 1.807) is 12.1 Å². The van der Waals surface area contributed by atoms with Crippen molar-refractivity contribution in [3.63, 3.8) is 0 Å². The summed E-state index contributed by atoms with van der Waals surface area (Å²) in [5, 5.41) is 3.25. The first-order valence-electron chi connectivity index (χ1n) is 9.43. The van der Waals surface area contributed by atoms with E-state index in [0.717, 1.165) is 21.0 Å². The van der Waals surface area contributed by atoms with Gasteiger partial charge in [-0.05, 0) is 61.4 Å². The molecular formula is C23H23ClN2O3S. The minimum Gasteiger partial charge on any atom is -0.350 e. The van der Waals surface area contributed by atoms with Crippen LogP contribution in [0.25, 0.3) is 0 Å². The summed E-state index contributed by atoms with van der Waals surface area (Å²) in [6.07, 6.45) is 0. The number of aryl methyl sites for hydroxylation is 2. The van der Waals surface area contributed by atoms with E-state index in [4.69, 9.17) is 11.6 Å². The van der Waals surface area contributed by atoms with E-state index in [0.29, 0.717) is 17.3 Å². The molecule has 0 aromatic heterocycles. The van der Waals surface area contributed by atoms with Crippen LogP contribution in [-0.4, -0.2) is 20.9 Å². The van der Waals surface area contributed by atoms with Crippen LogP contribution in [0.4, 0.5) is 5.69 Å². The molecule has 0 heterocycles. The van der Waals surface area contributed by atoms with E-state index in [2.05, 4.69) is 5.32 Å². The van der Waals surface area contributed by atoms with Crippen molar-refractivity contribution in [2.24, 2.45) is 0 Å². The van der Waals surface area contributed by atoms with Gasteiger partial charge in [0.05, 0.1) is 10.6 Å². The van der Waals surface area contributed by atoms with Gasteiger partial charge in [0.15, 0.2) is 0 Å². The van der Waals surface area contributed by atoms with E-state index in [1.165, 1.54) is 24.3 Å². The molecule has 30 heavy (non-hydrogen) atoms. The Balaban J connectivity index is 1.86. The Kier molecular flexibility index (Phi) is 6.80. The fraction of sp³-hybridized carbons (Fsp3) is 0.174. The predicted molar refractivity (Wildman–Crippen MR) is 120 cm³/mol. The first kappa shape index (κ1) is 21.9. The van der Waals surface area contributed by atoms with Crippen molar-refractivity contribution in [3.8, 4) is 0 Å². The summed E-state index contributed by atoms with van der Waals surface area (Å²) in [5.41, 5.74) is 3.45. The van der Waals surface area contributed by atoms with Crippen molar-refractivity contribution >= 4 is 33.2 Å². The van der Waals surface area contributed by atoms with Crippen LogP contribution in [0, 0.1) is 13.8 Å². The maximum atomic E-state index is 13.3. The third-order valence-corrected chi connectivity index (χ3v) is 6.79. The summed E-state index contributed by atoms with van der Waals surface area (Å²) in [5.74, 6) is -0.392. The van der Waals surface area contributed by atoms with Crippen LogP contribution in [-0.2, 0) is 21.4 Å². The average molecular weight is 443 g/mol. The molecule has 3 aromatic rings. The molecule has 0 aliphatic carbocycles. The Hall–Kier alpha value is -2.83. The second-order valence-corrected chi connectivity index (χ2v) is 9.30. The molecule has 0 aliphatic heterocycles. The van der Waals surface area contributed by atoms with Crippen molar-refractivity contribution in [2.45, 2.75) is 25.3 Å². The zero-order chi connectivity index (χ0) is 21.7. The number of sulfonamides is 1. The lowest BCUT2D eigenvalue weighted by Crippen LogP contribution is -2.40. The zero-order valence-electron chi connectivity index (χ0n) is 16.8. The van der Waals surface area contributed by atoms with Gasteiger partial charge in [-0.3, -0.25) is 9.10 Å². The molecule has 1 amide bonds. The smallest absolute Gasteiger partial charge is 0.264 e. The number of nitrogens with one attached hydrogen (secondary N) is 1. The third-order valence-electron chi connectivity index (χ3n) is 4.75. The van der Waals surface area contributed by atoms with E-state index >= 15 is 0 Å². The highest BCUT2D eigenvalue weighted by molar-refractivity contribution is 7.92. The van der Waals surface area contributed by atoms with Gasteiger partial charge >= 0.3 is 0 Å². The van der Waals surface area contributed by atoms with E-state index in [9.17, 15) is 13.2 Å². The third kappa shape index (κ3) is 5.20. The van der Waals surface area contributed by atoms with Crippen LogP contribution < -0.4 is 9.62 Å². The van der Waals surface area contributed by atoms with Crippen molar-refractivity contribution < 1.29 is 13.2 Å². The Morgan fingerprint density at radius 2 is 1.57 bits per heavy atom. The second-order valence-electron chi connectivity index (χ2n) is 7.00. The number of hydrogen-bond acceptors (Lipinski definition) is 3. The molecule has 0 saturated carbocycles. The monoisotopic (exact) mass is 442 g/mol. The highest BCUT2D eigenvalue weighted by Gasteiger charge is 2.27. The van der Waals surface area contributed by atoms with Gasteiger partial charge in [0.2, 0.25) is 5.91 Å². The molecule has 0 spiro atoms. The Labute approximate surface area is 182 Å². The summed E-state index contributed by atoms with van der Waals surface area (Å²) in [6.45, 7) is 3.87. The quantitative estimate of drug-likeness (QED) is 0.587. The molecule has 156 valence electrons. The molecule has 0 radical (unpaired) electrons. The first-order chi connectivity index (χ1) is 14.3. The maximum absolute atomic E-state index is 13.3. The van der Waals surface area contributed by atoms with E-state index < -0.39 is 15.9 Å². The van der Waals surface area contributed by atoms with Gasteiger partial charge in [0, 0.05) is 11.6 Å². The molecule has 0 atom stereocenters. The molecule has 0 fully saturated rings. The average Bonchev–Trinajstić information content (AvgIpc) is 2.72. The van der Waals surface area contributed by atoms with Gasteiger partial charge in [-0.15, -0.1) is 0 Å². The minimum atomic E-state index is -3.96. The number of amides is 1. The predicted octanol–water partition coefficient (Wildman–Crippen LogP) is 4.47. The van der Waals surface area contributed by atoms with Gasteiger partial charge in [0.1, 0.15) is 6.54 Å². The number of carbonyl (C=O) groups is 1. The number of nitrogens with zero attached hydrogens (tertiary/aromatic N) is 1. The SMILES string of the molecule is Cc1ccc(N(CC(=O)NCc2ccccc2C)S(=O)(=O)c2ccc(Cl)cc2)cc1. The summed E-state index contributed by atoms with van der Waals surface area (Å²) in [4.78, 5) is 12.7. The Morgan fingerprint density at radius 3 is 2.20 bits per heavy atom. The highest BCUT2D eigenvalue weighted by atomic mass is 35.5. The van der Waals surface area contributed by atoms with Crippen LogP contribution in [0.15, 0.2) is 77.7 Å². The summed E-state index contributed by atoms with van der Waals surface area (Å²) < 4.78 is 27.7. The molecular weight excluding hydrogens is 420 g/mol. The van der Waals surface area contributed by atoms with Gasteiger partial charge < -0.3 is 5.32 Å². The molecule has 5 nitrogen and oxygen atoms in total. The number of hydrogen-bond donors (Lipinski definition) is 1. The van der Waals surface area contributed by atoms with Crippen molar-refractivity contribution in [1.82, 2.24) is 5.32 Å². The van der Waals surface area contributed by atoms with Crippen LogP contribution in [0.3, 0.4) is 0 Å². The number of benzene rings is 3. The van der Waals surface area contributed by atoms with Gasteiger partial charge in [-0.1, -0.05) is 53.6 Å². The molecule has 0 bridgehead atoms. The summed E-state index contributed by atoms with van der Waals surface area (Å²) in [7, 11) is -3.96. The number of anilines is 1. The topological polar surface area (TPSA) is 66.5 Å². The second kappa shape index (κ2) is 9.32. The van der Waals surface area contributed by atoms with Crippen molar-refractivity contribution in [3.05, 3.63) is 94.5 Å². The van der Waals surface area contributed by atoms with Crippen molar-refractivity contribution in [1.29, 1.82) is 0 Å². The molecule has 7 heteroatoms. The lowest BCUT2D eigenvalue weighted by Gasteiger charge is -2.24. The number of rotatable bonds is 7. The normalized spacial score (nSPS) is 11.2. The zero-order valence-corrected chi connectivity index (χ0v) is 18.4. The maximum Gasteiger partial charge on any atom is 0.264 e. The molecule has 1 N–H and O–H groups in total. The van der Waals surface area contributed by atoms with Gasteiger partial charge in [-0.2, -0.15) is 0 Å². The first-order valence-corrected chi connectivity index (χ1v) is 11.3. The molecule has 0 aliphatic rings. The van der Waals surface area contributed by atoms with Crippen molar-refractivity contribution in [2.75, 3.05) is 10.8 Å². The van der Waals surface area contributed by atoms with Crippen LogP contribution >= 0.6 is 11.6 Å². The molecule has 0 unspecified atom stereocenters. The Morgan fingerprint density at radius 1 is 0.933 bits per heavy atom. The van der Waals surface area contributed by atoms with Crippen LogP contribution in [0.2, 0.25) is 5.02 Å². The molecule has 3 rings (SSSR count). The van der Waals surface area contributed by atoms with Gasteiger partial charge in [0.25, 0.3) is 10.0 Å². The fourth-order valence-electron chi connectivity index (χ4n) is 2.95. The summed E-state index contributed by atoms with van der Waals surface area (Å²) >= 11 is 5.90. The molecule has 3 aromatic carbocycles. The fourth-order valence-corrected chi connectivity index (χ4v) is 4.50.